The van der Waals surface area contributed by atoms with Gasteiger partial charge < -0.3 is 5.32 Å². The lowest BCUT2D eigenvalue weighted by Crippen LogP contribution is -2.44. The molecule has 3 aliphatic rings. The van der Waals surface area contributed by atoms with Crippen LogP contribution < -0.4 is 5.32 Å². The van der Waals surface area contributed by atoms with Crippen LogP contribution in [0, 0.1) is 23.2 Å². The van der Waals surface area contributed by atoms with E-state index in [0.29, 0.717) is 5.41 Å². The Morgan fingerprint density at radius 2 is 1.52 bits per heavy atom. The Kier molecular flexibility index (Phi) is 4.98. The summed E-state index contributed by atoms with van der Waals surface area (Å²) < 4.78 is 0. The van der Waals surface area contributed by atoms with Crippen molar-refractivity contribution in [1.29, 1.82) is 0 Å². The zero-order valence-electron chi connectivity index (χ0n) is 14.7. The molecule has 3 saturated carbocycles. The van der Waals surface area contributed by atoms with Crippen LogP contribution in [0.2, 0.25) is 0 Å². The lowest BCUT2D eigenvalue weighted by atomic mass is 9.68. The molecule has 0 amide bonds. The fourth-order valence-corrected chi connectivity index (χ4v) is 5.04. The van der Waals surface area contributed by atoms with E-state index in [2.05, 4.69) is 26.1 Å². The standard InChI is InChI=1S/C20H37N/c1-4-20(2,3)17-10-12-18(13-11-17)21-19-7-5-6-16(14-19)15-8-9-15/h15-19,21H,4-14H2,1-3H3. The van der Waals surface area contributed by atoms with E-state index < -0.39 is 0 Å². The van der Waals surface area contributed by atoms with Gasteiger partial charge in [-0.1, -0.05) is 40.0 Å². The zero-order chi connectivity index (χ0) is 14.9. The van der Waals surface area contributed by atoms with Gasteiger partial charge in [-0.15, -0.1) is 0 Å². The first-order valence-electron chi connectivity index (χ1n) is 9.84. The van der Waals surface area contributed by atoms with E-state index in [1.54, 1.807) is 0 Å². The monoisotopic (exact) mass is 291 g/mol. The van der Waals surface area contributed by atoms with Gasteiger partial charge in [0.1, 0.15) is 0 Å². The summed E-state index contributed by atoms with van der Waals surface area (Å²) in [5, 5.41) is 4.06. The molecule has 1 nitrogen and oxygen atoms in total. The van der Waals surface area contributed by atoms with E-state index in [0.717, 1.165) is 29.8 Å². The lowest BCUT2D eigenvalue weighted by molar-refractivity contribution is 0.128. The molecule has 0 aromatic rings. The molecular weight excluding hydrogens is 254 g/mol. The largest absolute Gasteiger partial charge is 0.311 e. The highest BCUT2D eigenvalue weighted by atomic mass is 15.0. The van der Waals surface area contributed by atoms with Crippen LogP contribution >= 0.6 is 0 Å². The predicted molar refractivity (Wildman–Crippen MR) is 91.4 cm³/mol. The van der Waals surface area contributed by atoms with Gasteiger partial charge in [-0.3, -0.25) is 0 Å². The van der Waals surface area contributed by atoms with E-state index >= 15 is 0 Å². The van der Waals surface area contributed by atoms with Crippen molar-refractivity contribution < 1.29 is 0 Å². The molecule has 1 heteroatoms. The highest BCUT2D eigenvalue weighted by molar-refractivity contribution is 4.91. The van der Waals surface area contributed by atoms with Crippen molar-refractivity contribution in [3.8, 4) is 0 Å². The fourth-order valence-electron chi connectivity index (χ4n) is 5.04. The zero-order valence-corrected chi connectivity index (χ0v) is 14.7. The molecule has 3 fully saturated rings. The molecule has 21 heavy (non-hydrogen) atoms. The molecule has 0 bridgehead atoms. The van der Waals surface area contributed by atoms with Crippen LogP contribution in [0.15, 0.2) is 0 Å². The van der Waals surface area contributed by atoms with Crippen LogP contribution in [0.1, 0.15) is 91.4 Å². The van der Waals surface area contributed by atoms with Gasteiger partial charge in [0.05, 0.1) is 0 Å². The van der Waals surface area contributed by atoms with Gasteiger partial charge in [-0.25, -0.2) is 0 Å². The molecule has 3 rings (SSSR count). The number of hydrogen-bond donors (Lipinski definition) is 1. The first-order chi connectivity index (χ1) is 10.1. The molecule has 3 aliphatic carbocycles. The van der Waals surface area contributed by atoms with Gasteiger partial charge in [-0.2, -0.15) is 0 Å². The second-order valence-corrected chi connectivity index (χ2v) is 9.02. The van der Waals surface area contributed by atoms with E-state index in [4.69, 9.17) is 0 Å². The van der Waals surface area contributed by atoms with Gasteiger partial charge >= 0.3 is 0 Å². The van der Waals surface area contributed by atoms with Crippen LogP contribution in [0.5, 0.6) is 0 Å². The topological polar surface area (TPSA) is 12.0 Å². The van der Waals surface area contributed by atoms with Gasteiger partial charge in [0, 0.05) is 12.1 Å². The Balaban J connectivity index is 1.42. The van der Waals surface area contributed by atoms with Crippen molar-refractivity contribution >= 4 is 0 Å². The molecule has 2 unspecified atom stereocenters. The Hall–Kier alpha value is -0.0400. The van der Waals surface area contributed by atoms with E-state index in [9.17, 15) is 0 Å². The molecule has 1 N–H and O–H groups in total. The number of hydrogen-bond acceptors (Lipinski definition) is 1. The first-order valence-corrected chi connectivity index (χ1v) is 9.84. The lowest BCUT2D eigenvalue weighted by Gasteiger charge is -2.41. The fraction of sp³-hybridized carbons (Fsp3) is 1.00. The van der Waals surface area contributed by atoms with Crippen molar-refractivity contribution in [2.45, 2.75) is 103 Å². The SMILES string of the molecule is CCC(C)(C)C1CCC(NC2CCCC(C3CC3)C2)CC1. The van der Waals surface area contributed by atoms with E-state index in [1.807, 2.05) is 0 Å². The van der Waals surface area contributed by atoms with Gasteiger partial charge in [0.2, 0.25) is 0 Å². The molecular formula is C20H37N. The molecule has 0 aliphatic heterocycles. The van der Waals surface area contributed by atoms with Gasteiger partial charge in [-0.05, 0) is 74.5 Å². The molecule has 0 radical (unpaired) electrons. The molecule has 0 aromatic heterocycles. The minimum atomic E-state index is 0.562. The maximum absolute atomic E-state index is 4.06. The summed E-state index contributed by atoms with van der Waals surface area (Å²) in [5.41, 5.74) is 0.562. The summed E-state index contributed by atoms with van der Waals surface area (Å²) in [4.78, 5) is 0. The average Bonchev–Trinajstić information content (AvgIpc) is 3.33. The van der Waals surface area contributed by atoms with Gasteiger partial charge in [0.15, 0.2) is 0 Å². The molecule has 0 spiro atoms. The van der Waals surface area contributed by atoms with Crippen molar-refractivity contribution in [3.05, 3.63) is 0 Å². The summed E-state index contributed by atoms with van der Waals surface area (Å²) in [6.45, 7) is 7.32. The molecule has 122 valence electrons. The Labute approximate surface area is 132 Å². The average molecular weight is 292 g/mol. The first kappa shape index (κ1) is 15.8. The van der Waals surface area contributed by atoms with Crippen molar-refractivity contribution in [1.82, 2.24) is 5.32 Å². The molecule has 0 heterocycles. The van der Waals surface area contributed by atoms with Crippen LogP contribution in [0.3, 0.4) is 0 Å². The Morgan fingerprint density at radius 1 is 0.810 bits per heavy atom. The maximum Gasteiger partial charge on any atom is 0.00723 e. The highest BCUT2D eigenvalue weighted by Gasteiger charge is 2.36. The Morgan fingerprint density at radius 3 is 2.14 bits per heavy atom. The summed E-state index contributed by atoms with van der Waals surface area (Å²) >= 11 is 0. The summed E-state index contributed by atoms with van der Waals surface area (Å²) in [7, 11) is 0. The summed E-state index contributed by atoms with van der Waals surface area (Å²) in [6, 6.07) is 1.68. The second-order valence-electron chi connectivity index (χ2n) is 9.02. The minimum Gasteiger partial charge on any atom is -0.311 e. The van der Waals surface area contributed by atoms with Crippen LogP contribution in [0.25, 0.3) is 0 Å². The quantitative estimate of drug-likeness (QED) is 0.701. The molecule has 0 aromatic carbocycles. The number of rotatable bonds is 5. The summed E-state index contributed by atoms with van der Waals surface area (Å²) in [6.07, 6.45) is 16.1. The van der Waals surface area contributed by atoms with Crippen LogP contribution in [-0.4, -0.2) is 12.1 Å². The van der Waals surface area contributed by atoms with E-state index in [1.165, 1.54) is 70.6 Å². The predicted octanol–water partition coefficient (Wildman–Crippen LogP) is 5.54. The highest BCUT2D eigenvalue weighted by Crippen LogP contribution is 2.44. The number of nitrogens with one attached hydrogen (secondary N) is 1. The third-order valence-corrected chi connectivity index (χ3v) is 7.22. The molecule has 0 saturated heterocycles. The minimum absolute atomic E-state index is 0.562. The van der Waals surface area contributed by atoms with E-state index in [-0.39, 0.29) is 0 Å². The third-order valence-electron chi connectivity index (χ3n) is 7.22. The van der Waals surface area contributed by atoms with Crippen LogP contribution in [0.4, 0.5) is 0 Å². The maximum atomic E-state index is 4.06. The summed E-state index contributed by atoms with van der Waals surface area (Å²) in [5.74, 6) is 3.16. The second kappa shape index (κ2) is 6.60. The molecule has 2 atom stereocenters. The van der Waals surface area contributed by atoms with Crippen molar-refractivity contribution in [2.24, 2.45) is 23.2 Å². The smallest absolute Gasteiger partial charge is 0.00723 e. The third kappa shape index (κ3) is 4.03. The van der Waals surface area contributed by atoms with Crippen molar-refractivity contribution in [2.75, 3.05) is 0 Å². The van der Waals surface area contributed by atoms with Gasteiger partial charge in [0.25, 0.3) is 0 Å². The normalized spacial score (nSPS) is 38.4. The van der Waals surface area contributed by atoms with Crippen molar-refractivity contribution in [3.63, 3.8) is 0 Å². The van der Waals surface area contributed by atoms with Crippen LogP contribution in [-0.2, 0) is 0 Å². The Bertz CT molecular complexity index is 323.